The molecule has 1 aromatic carbocycles. The molecule has 0 amide bonds. The minimum atomic E-state index is 0.509. The maximum Gasteiger partial charge on any atom is 0.125 e. The summed E-state index contributed by atoms with van der Waals surface area (Å²) >= 11 is 3.57. The summed E-state index contributed by atoms with van der Waals surface area (Å²) in [5, 5.41) is 1.02. The molecule has 0 aliphatic heterocycles. The molecule has 1 aromatic rings. The summed E-state index contributed by atoms with van der Waals surface area (Å²) in [4.78, 5) is 0. The first-order chi connectivity index (χ1) is 8.01. The van der Waals surface area contributed by atoms with Crippen LogP contribution in [-0.2, 0) is 0 Å². The molecule has 0 N–H and O–H groups in total. The lowest BCUT2D eigenvalue weighted by Crippen LogP contribution is -2.10. The number of rotatable bonds is 5. The van der Waals surface area contributed by atoms with E-state index in [9.17, 15) is 0 Å². The van der Waals surface area contributed by atoms with Crippen LogP contribution in [-0.4, -0.2) is 11.9 Å². The molecule has 0 saturated carbocycles. The zero-order chi connectivity index (χ0) is 13.0. The largest absolute Gasteiger partial charge is 0.493 e. The lowest BCUT2D eigenvalue weighted by Gasteiger charge is -2.23. The van der Waals surface area contributed by atoms with Crippen molar-refractivity contribution in [3.63, 3.8) is 0 Å². The Balaban J connectivity index is 3.19. The molecule has 17 heavy (non-hydrogen) atoms. The van der Waals surface area contributed by atoms with Crippen LogP contribution in [0.2, 0.25) is 0 Å². The quantitative estimate of drug-likeness (QED) is 0.707. The second-order valence-electron chi connectivity index (χ2n) is 4.85. The van der Waals surface area contributed by atoms with Crippen molar-refractivity contribution in [2.45, 2.75) is 40.5 Å². The molecule has 96 valence electrons. The number of ether oxygens (including phenoxy) is 1. The minimum absolute atomic E-state index is 0.509. The lowest BCUT2D eigenvalue weighted by molar-refractivity contribution is 0.329. The Morgan fingerprint density at radius 1 is 1.24 bits per heavy atom. The van der Waals surface area contributed by atoms with Gasteiger partial charge in [-0.1, -0.05) is 47.5 Å². The van der Waals surface area contributed by atoms with Crippen LogP contribution in [0.3, 0.4) is 0 Å². The standard InChI is InChI=1S/C15H23BrO/c1-6-17-15-11(3)7-10(2)8-14(15)13(5)12(4)9-16/h7-8,12-13H,6,9H2,1-5H3. The van der Waals surface area contributed by atoms with Crippen molar-refractivity contribution in [3.05, 3.63) is 28.8 Å². The first-order valence-electron chi connectivity index (χ1n) is 6.31. The summed E-state index contributed by atoms with van der Waals surface area (Å²) < 4.78 is 5.82. The van der Waals surface area contributed by atoms with Crippen molar-refractivity contribution in [2.75, 3.05) is 11.9 Å². The number of hydrogen-bond donors (Lipinski definition) is 0. The fraction of sp³-hybridized carbons (Fsp3) is 0.600. The van der Waals surface area contributed by atoms with E-state index in [0.717, 1.165) is 17.7 Å². The molecule has 0 aromatic heterocycles. The molecule has 0 aliphatic carbocycles. The fourth-order valence-corrected chi connectivity index (χ4v) is 2.67. The van der Waals surface area contributed by atoms with E-state index in [1.165, 1.54) is 16.7 Å². The minimum Gasteiger partial charge on any atom is -0.493 e. The molecule has 1 nitrogen and oxygen atoms in total. The van der Waals surface area contributed by atoms with Gasteiger partial charge >= 0.3 is 0 Å². The SMILES string of the molecule is CCOc1c(C)cc(C)cc1C(C)C(C)CBr. The highest BCUT2D eigenvalue weighted by Crippen LogP contribution is 2.35. The van der Waals surface area contributed by atoms with Crippen LogP contribution >= 0.6 is 15.9 Å². The highest BCUT2D eigenvalue weighted by atomic mass is 79.9. The van der Waals surface area contributed by atoms with Crippen molar-refractivity contribution in [1.29, 1.82) is 0 Å². The lowest BCUT2D eigenvalue weighted by atomic mass is 9.87. The topological polar surface area (TPSA) is 9.23 Å². The van der Waals surface area contributed by atoms with E-state index < -0.39 is 0 Å². The Labute approximate surface area is 114 Å². The third kappa shape index (κ3) is 3.48. The molecule has 0 saturated heterocycles. The van der Waals surface area contributed by atoms with Gasteiger partial charge in [0.25, 0.3) is 0 Å². The zero-order valence-electron chi connectivity index (χ0n) is 11.5. The van der Waals surface area contributed by atoms with E-state index >= 15 is 0 Å². The fourth-order valence-electron chi connectivity index (χ4n) is 2.11. The molecule has 2 unspecified atom stereocenters. The molecular weight excluding hydrogens is 276 g/mol. The molecule has 0 fully saturated rings. The second kappa shape index (κ2) is 6.44. The maximum atomic E-state index is 5.82. The Kier molecular flexibility index (Phi) is 5.51. The molecule has 0 heterocycles. The van der Waals surface area contributed by atoms with E-state index in [-0.39, 0.29) is 0 Å². The molecule has 2 atom stereocenters. The van der Waals surface area contributed by atoms with Gasteiger partial charge in [0.2, 0.25) is 0 Å². The first kappa shape index (κ1) is 14.6. The normalized spacial score (nSPS) is 14.5. The third-order valence-corrected chi connectivity index (χ3v) is 4.35. The Bertz CT molecular complexity index is 373. The number of benzene rings is 1. The van der Waals surface area contributed by atoms with Gasteiger partial charge in [0, 0.05) is 5.33 Å². The van der Waals surface area contributed by atoms with Crippen LogP contribution in [0, 0.1) is 19.8 Å². The van der Waals surface area contributed by atoms with E-state index in [2.05, 4.69) is 55.8 Å². The van der Waals surface area contributed by atoms with Gasteiger partial charge in [-0.25, -0.2) is 0 Å². The highest BCUT2D eigenvalue weighted by molar-refractivity contribution is 9.09. The molecule has 1 rings (SSSR count). The van der Waals surface area contributed by atoms with Crippen LogP contribution in [0.4, 0.5) is 0 Å². The van der Waals surface area contributed by atoms with E-state index in [1.807, 2.05) is 6.92 Å². The highest BCUT2D eigenvalue weighted by Gasteiger charge is 2.19. The van der Waals surface area contributed by atoms with Gasteiger partial charge in [0.15, 0.2) is 0 Å². The average Bonchev–Trinajstić information content (AvgIpc) is 2.30. The van der Waals surface area contributed by atoms with Gasteiger partial charge in [-0.15, -0.1) is 0 Å². The first-order valence-corrected chi connectivity index (χ1v) is 7.43. The molecule has 2 heteroatoms. The monoisotopic (exact) mass is 298 g/mol. The Hall–Kier alpha value is -0.500. The van der Waals surface area contributed by atoms with Gasteiger partial charge in [-0.05, 0) is 43.7 Å². The van der Waals surface area contributed by atoms with Gasteiger partial charge in [-0.2, -0.15) is 0 Å². The Morgan fingerprint density at radius 2 is 1.88 bits per heavy atom. The van der Waals surface area contributed by atoms with Crippen LogP contribution in [0.15, 0.2) is 12.1 Å². The molecule has 0 aliphatic rings. The number of hydrogen-bond acceptors (Lipinski definition) is 1. The number of halogens is 1. The number of aryl methyl sites for hydroxylation is 2. The van der Waals surface area contributed by atoms with Crippen molar-refractivity contribution in [1.82, 2.24) is 0 Å². The van der Waals surface area contributed by atoms with Crippen molar-refractivity contribution in [3.8, 4) is 5.75 Å². The van der Waals surface area contributed by atoms with E-state index in [0.29, 0.717) is 11.8 Å². The summed E-state index contributed by atoms with van der Waals surface area (Å²) in [5.41, 5.74) is 3.90. The van der Waals surface area contributed by atoms with E-state index in [4.69, 9.17) is 4.74 Å². The van der Waals surface area contributed by atoms with Crippen LogP contribution in [0.5, 0.6) is 5.75 Å². The predicted octanol–water partition coefficient (Wildman–Crippen LogP) is 4.84. The van der Waals surface area contributed by atoms with Crippen molar-refractivity contribution >= 4 is 15.9 Å². The van der Waals surface area contributed by atoms with Crippen LogP contribution in [0.1, 0.15) is 43.4 Å². The molecule has 0 bridgehead atoms. The van der Waals surface area contributed by atoms with Gasteiger partial charge in [-0.3, -0.25) is 0 Å². The molecule has 0 spiro atoms. The van der Waals surface area contributed by atoms with Gasteiger partial charge in [0.05, 0.1) is 6.61 Å². The Morgan fingerprint density at radius 3 is 2.41 bits per heavy atom. The maximum absolute atomic E-state index is 5.82. The number of alkyl halides is 1. The van der Waals surface area contributed by atoms with Crippen molar-refractivity contribution in [2.24, 2.45) is 5.92 Å². The summed E-state index contributed by atoms with van der Waals surface area (Å²) in [7, 11) is 0. The zero-order valence-corrected chi connectivity index (χ0v) is 13.1. The smallest absolute Gasteiger partial charge is 0.125 e. The third-order valence-electron chi connectivity index (χ3n) is 3.32. The van der Waals surface area contributed by atoms with Crippen molar-refractivity contribution < 1.29 is 4.74 Å². The summed E-state index contributed by atoms with van der Waals surface area (Å²) in [6, 6.07) is 4.46. The van der Waals surface area contributed by atoms with E-state index in [1.54, 1.807) is 0 Å². The average molecular weight is 299 g/mol. The summed E-state index contributed by atoms with van der Waals surface area (Å²) in [6.07, 6.45) is 0. The molecular formula is C15H23BrO. The molecule has 0 radical (unpaired) electrons. The predicted molar refractivity (Wildman–Crippen MR) is 78.5 cm³/mol. The second-order valence-corrected chi connectivity index (χ2v) is 5.50. The van der Waals surface area contributed by atoms with Gasteiger partial charge < -0.3 is 4.74 Å². The summed E-state index contributed by atoms with van der Waals surface area (Å²) in [6.45, 7) is 11.6. The van der Waals surface area contributed by atoms with Gasteiger partial charge in [0.1, 0.15) is 5.75 Å². The van der Waals surface area contributed by atoms with Crippen LogP contribution < -0.4 is 4.74 Å². The van der Waals surface area contributed by atoms with Crippen LogP contribution in [0.25, 0.3) is 0 Å². The summed E-state index contributed by atoms with van der Waals surface area (Å²) in [5.74, 6) is 2.20.